The molecule has 2 atom stereocenters. The summed E-state index contributed by atoms with van der Waals surface area (Å²) in [5, 5.41) is 11.8. The highest BCUT2D eigenvalue weighted by Gasteiger charge is 2.32. The Morgan fingerprint density at radius 3 is 2.76 bits per heavy atom. The van der Waals surface area contributed by atoms with E-state index < -0.39 is 5.97 Å². The van der Waals surface area contributed by atoms with Crippen molar-refractivity contribution in [2.24, 2.45) is 5.92 Å². The van der Waals surface area contributed by atoms with Gasteiger partial charge in [-0.2, -0.15) is 0 Å². The van der Waals surface area contributed by atoms with Gasteiger partial charge in [0, 0.05) is 18.7 Å². The number of piperidine rings is 1. The van der Waals surface area contributed by atoms with Gasteiger partial charge in [0.15, 0.2) is 0 Å². The van der Waals surface area contributed by atoms with Crippen LogP contribution in [0.3, 0.4) is 0 Å². The molecule has 1 aromatic heterocycles. The number of carbonyl (C=O) groups is 2. The van der Waals surface area contributed by atoms with E-state index in [0.717, 1.165) is 0 Å². The minimum atomic E-state index is -0.790. The zero-order chi connectivity index (χ0) is 15.4. The third kappa shape index (κ3) is 3.62. The van der Waals surface area contributed by atoms with E-state index in [2.05, 4.69) is 10.3 Å². The molecule has 0 spiro atoms. The van der Waals surface area contributed by atoms with E-state index in [1.807, 2.05) is 6.92 Å². The number of carbonyl (C=O) groups excluding carboxylic acids is 1. The van der Waals surface area contributed by atoms with Gasteiger partial charge in [0.25, 0.3) is 0 Å². The van der Waals surface area contributed by atoms with E-state index in [-0.39, 0.29) is 18.0 Å². The Morgan fingerprint density at radius 2 is 2.24 bits per heavy atom. The maximum atomic E-state index is 12.2. The number of pyridine rings is 1. The minimum Gasteiger partial charge on any atom is -0.481 e. The van der Waals surface area contributed by atoms with Crippen molar-refractivity contribution in [3.63, 3.8) is 0 Å². The fourth-order valence-electron chi connectivity index (χ4n) is 2.47. The van der Waals surface area contributed by atoms with Crippen molar-refractivity contribution in [2.45, 2.75) is 25.8 Å². The average Bonchev–Trinajstić information content (AvgIpc) is 2.47. The highest BCUT2D eigenvalue weighted by Crippen LogP contribution is 2.23. The van der Waals surface area contributed by atoms with Crippen LogP contribution < -0.4 is 10.1 Å². The molecule has 0 radical (unpaired) electrons. The number of nitrogens with zero attached hydrogens (tertiary/aromatic N) is 2. The summed E-state index contributed by atoms with van der Waals surface area (Å²) in [7, 11) is 1.52. The zero-order valence-corrected chi connectivity index (χ0v) is 12.1. The Kier molecular flexibility index (Phi) is 4.62. The molecule has 21 heavy (non-hydrogen) atoms. The molecular weight excluding hydrogens is 274 g/mol. The van der Waals surface area contributed by atoms with E-state index >= 15 is 0 Å². The summed E-state index contributed by atoms with van der Waals surface area (Å²) in [5.74, 6) is -0.684. The van der Waals surface area contributed by atoms with Gasteiger partial charge in [0.1, 0.15) is 0 Å². The molecule has 2 heterocycles. The number of ether oxygens (including phenoxy) is 1. The predicted octanol–water partition coefficient (Wildman–Crippen LogP) is 1.81. The van der Waals surface area contributed by atoms with Crippen LogP contribution >= 0.6 is 0 Å². The summed E-state index contributed by atoms with van der Waals surface area (Å²) in [6.45, 7) is 2.30. The lowest BCUT2D eigenvalue weighted by Gasteiger charge is -2.36. The molecule has 1 saturated heterocycles. The summed E-state index contributed by atoms with van der Waals surface area (Å²) in [4.78, 5) is 28.9. The van der Waals surface area contributed by atoms with Crippen LogP contribution in [0.25, 0.3) is 0 Å². The third-order valence-electron chi connectivity index (χ3n) is 3.68. The highest BCUT2D eigenvalue weighted by molar-refractivity contribution is 5.89. The van der Waals surface area contributed by atoms with Crippen molar-refractivity contribution in [3.05, 3.63) is 18.3 Å². The molecule has 2 rings (SSSR count). The fraction of sp³-hybridized carbons (Fsp3) is 0.500. The summed E-state index contributed by atoms with van der Waals surface area (Å²) < 4.78 is 4.95. The maximum absolute atomic E-state index is 12.2. The molecule has 1 fully saturated rings. The molecular formula is C14H19N3O4. The Labute approximate surface area is 122 Å². The summed E-state index contributed by atoms with van der Waals surface area (Å²) >= 11 is 0. The number of methoxy groups -OCH3 is 1. The highest BCUT2D eigenvalue weighted by atomic mass is 16.5. The molecule has 1 aliphatic heterocycles. The molecule has 1 aliphatic rings. The molecule has 114 valence electrons. The molecule has 0 aromatic carbocycles. The number of aliphatic carboxylic acids is 1. The van der Waals surface area contributed by atoms with E-state index in [1.54, 1.807) is 17.0 Å². The molecule has 2 N–H and O–H groups in total. The number of likely N-dealkylation sites (tertiary alicyclic amines) is 1. The van der Waals surface area contributed by atoms with E-state index in [4.69, 9.17) is 9.84 Å². The van der Waals surface area contributed by atoms with Gasteiger partial charge in [-0.05, 0) is 25.8 Å². The van der Waals surface area contributed by atoms with Gasteiger partial charge >= 0.3 is 12.0 Å². The topological polar surface area (TPSA) is 91.8 Å². The lowest BCUT2D eigenvalue weighted by Crippen LogP contribution is -2.47. The van der Waals surface area contributed by atoms with Gasteiger partial charge in [-0.15, -0.1) is 0 Å². The van der Waals surface area contributed by atoms with Crippen molar-refractivity contribution < 1.29 is 19.4 Å². The molecule has 7 heteroatoms. The fourth-order valence-corrected chi connectivity index (χ4v) is 2.47. The van der Waals surface area contributed by atoms with E-state index in [9.17, 15) is 9.59 Å². The first kappa shape index (κ1) is 15.1. The molecule has 7 nitrogen and oxygen atoms in total. The number of amides is 2. The van der Waals surface area contributed by atoms with Crippen molar-refractivity contribution in [3.8, 4) is 5.88 Å². The van der Waals surface area contributed by atoms with Crippen LogP contribution in [0.1, 0.15) is 19.8 Å². The first-order chi connectivity index (χ1) is 10.0. The number of urea groups is 1. The molecule has 0 saturated carbocycles. The summed E-state index contributed by atoms with van der Waals surface area (Å²) in [6.07, 6.45) is 2.48. The Morgan fingerprint density at radius 1 is 1.48 bits per heavy atom. The molecule has 2 amide bonds. The quantitative estimate of drug-likeness (QED) is 0.886. The maximum Gasteiger partial charge on any atom is 0.322 e. The summed E-state index contributed by atoms with van der Waals surface area (Å²) in [5.41, 5.74) is 0.577. The van der Waals surface area contributed by atoms with Gasteiger partial charge in [0.2, 0.25) is 5.88 Å². The second-order valence-electron chi connectivity index (χ2n) is 5.12. The number of nitrogens with one attached hydrogen (secondary N) is 1. The van der Waals surface area contributed by atoms with Gasteiger partial charge < -0.3 is 20.1 Å². The SMILES string of the molecule is COc1ccc(NC(=O)N2CCC(C(=O)O)CC2C)cn1. The number of anilines is 1. The van der Waals surface area contributed by atoms with Crippen molar-refractivity contribution >= 4 is 17.7 Å². The Balaban J connectivity index is 1.95. The zero-order valence-electron chi connectivity index (χ0n) is 12.1. The number of carboxylic acids is 1. The van der Waals surface area contributed by atoms with Gasteiger partial charge in [-0.25, -0.2) is 9.78 Å². The lowest BCUT2D eigenvalue weighted by molar-refractivity contribution is -0.143. The number of hydrogen-bond donors (Lipinski definition) is 2. The molecule has 1 aromatic rings. The van der Waals surface area contributed by atoms with Gasteiger partial charge in [-0.3, -0.25) is 4.79 Å². The smallest absolute Gasteiger partial charge is 0.322 e. The predicted molar refractivity (Wildman–Crippen MR) is 76.3 cm³/mol. The van der Waals surface area contributed by atoms with Crippen LogP contribution in [0.15, 0.2) is 18.3 Å². The van der Waals surface area contributed by atoms with Crippen LogP contribution in [-0.2, 0) is 4.79 Å². The second kappa shape index (κ2) is 6.43. The monoisotopic (exact) mass is 293 g/mol. The largest absolute Gasteiger partial charge is 0.481 e. The van der Waals surface area contributed by atoms with Crippen LogP contribution in [0.5, 0.6) is 5.88 Å². The first-order valence-corrected chi connectivity index (χ1v) is 6.81. The third-order valence-corrected chi connectivity index (χ3v) is 3.68. The minimum absolute atomic E-state index is 0.106. The number of aromatic nitrogens is 1. The first-order valence-electron chi connectivity index (χ1n) is 6.81. The average molecular weight is 293 g/mol. The Bertz CT molecular complexity index is 517. The van der Waals surface area contributed by atoms with Crippen molar-refractivity contribution in [2.75, 3.05) is 19.0 Å². The van der Waals surface area contributed by atoms with E-state index in [0.29, 0.717) is 31.0 Å². The van der Waals surface area contributed by atoms with Crippen molar-refractivity contribution in [1.29, 1.82) is 0 Å². The summed E-state index contributed by atoms with van der Waals surface area (Å²) in [6, 6.07) is 3.03. The Hall–Kier alpha value is -2.31. The van der Waals surface area contributed by atoms with Crippen molar-refractivity contribution in [1.82, 2.24) is 9.88 Å². The normalized spacial score (nSPS) is 21.7. The molecule has 2 unspecified atom stereocenters. The lowest BCUT2D eigenvalue weighted by atomic mass is 9.92. The number of rotatable bonds is 3. The molecule has 0 aliphatic carbocycles. The van der Waals surface area contributed by atoms with Crippen LogP contribution in [0, 0.1) is 5.92 Å². The van der Waals surface area contributed by atoms with Crippen LogP contribution in [0.2, 0.25) is 0 Å². The number of carboxylic acid groups (broad SMARTS) is 1. The number of hydrogen-bond acceptors (Lipinski definition) is 4. The van der Waals surface area contributed by atoms with Crippen LogP contribution in [-0.4, -0.2) is 46.7 Å². The van der Waals surface area contributed by atoms with Crippen LogP contribution in [0.4, 0.5) is 10.5 Å². The standard InChI is InChI=1S/C14H19N3O4/c1-9-7-10(13(18)19)5-6-17(9)14(20)16-11-3-4-12(21-2)15-8-11/h3-4,8-10H,5-7H2,1-2H3,(H,16,20)(H,18,19). The second-order valence-corrected chi connectivity index (χ2v) is 5.12. The van der Waals surface area contributed by atoms with E-state index in [1.165, 1.54) is 13.3 Å². The van der Waals surface area contributed by atoms with Gasteiger partial charge in [0.05, 0.1) is 24.9 Å². The molecule has 0 bridgehead atoms. The van der Waals surface area contributed by atoms with Gasteiger partial charge in [-0.1, -0.05) is 0 Å².